The fourth-order valence-electron chi connectivity index (χ4n) is 10.5. The van der Waals surface area contributed by atoms with Gasteiger partial charge >= 0.3 is 5.97 Å². The number of hydrogen-bond donors (Lipinski definition) is 2. The molecule has 9 atom stereocenters. The molecule has 0 aromatic heterocycles. The average Bonchev–Trinajstić information content (AvgIpc) is 2.78. The first-order valence-corrected chi connectivity index (χ1v) is 17.0. The summed E-state index contributed by atoms with van der Waals surface area (Å²) in [6.45, 7) is 16.8. The summed E-state index contributed by atoms with van der Waals surface area (Å²) in [6.07, 6.45) is 13.2. The number of aliphatic hydroxyl groups excluding tert-OH is 1. The Balaban J connectivity index is 0.000000747. The number of carboxylic acids is 1. The molecule has 5 rings (SSSR count). The van der Waals surface area contributed by atoms with Gasteiger partial charge in [-0.1, -0.05) is 53.2 Å². The lowest BCUT2D eigenvalue weighted by molar-refractivity contribution is -0.203. The number of rotatable bonds is 1. The molecular weight excluding hydrogens is 527 g/mol. The van der Waals surface area contributed by atoms with Gasteiger partial charge in [-0.3, -0.25) is 4.79 Å². The van der Waals surface area contributed by atoms with Gasteiger partial charge in [-0.05, 0) is 116 Å². The first kappa shape index (κ1) is 29.9. The fraction of sp³-hybridized carbons (Fsp3) is 0.900. The van der Waals surface area contributed by atoms with Crippen LogP contribution in [-0.2, 0) is 14.0 Å². The third-order valence-electron chi connectivity index (χ3n) is 13.3. The molecule has 0 spiro atoms. The highest BCUT2D eigenvalue weighted by molar-refractivity contribution is 8.26. The second-order valence-electron chi connectivity index (χ2n) is 15.1. The standard InChI is InChI=1S/C30H48O3.Cl2OS/c1-25(2)21-10-13-30(7)22(28(21,5)12-11-23(25)31)9-8-19-20-18-27(4,24(32)33)15-14-26(20,3)16-17-29(19,30)6;1-4(2)3/h8,20-23,31H,9-18H2,1-7H3,(H,32,33);/t20?,21?,22?,23-,26+,27-,28-,29-,30+;/m0./s1. The summed E-state index contributed by atoms with van der Waals surface area (Å²) in [4.78, 5) is 12.2. The topological polar surface area (TPSA) is 74.6 Å². The van der Waals surface area contributed by atoms with Crippen molar-refractivity contribution in [2.75, 3.05) is 0 Å². The van der Waals surface area contributed by atoms with Gasteiger partial charge in [0, 0.05) is 21.4 Å². The Kier molecular flexibility index (Phi) is 7.66. The molecule has 212 valence electrons. The van der Waals surface area contributed by atoms with E-state index in [9.17, 15) is 15.0 Å². The van der Waals surface area contributed by atoms with E-state index in [0.717, 1.165) is 38.5 Å². The van der Waals surface area contributed by atoms with Gasteiger partial charge in [0.25, 0.3) is 0 Å². The SMILES string of the molecule is CC1(C)C2CC[C@]3(C)C(CC=C4C5C[C@@](C)(C(=O)O)CC[C@]5(C)CC[C@@]43C)[C@@]2(C)CC[C@@H]1O.O=S(Cl)Cl. The molecule has 4 nitrogen and oxygen atoms in total. The van der Waals surface area contributed by atoms with Crippen molar-refractivity contribution < 1.29 is 19.2 Å². The molecule has 0 aliphatic heterocycles. The van der Waals surface area contributed by atoms with Crippen LogP contribution in [0.3, 0.4) is 0 Å². The van der Waals surface area contributed by atoms with Crippen molar-refractivity contribution in [2.24, 2.45) is 50.2 Å². The summed E-state index contributed by atoms with van der Waals surface area (Å²) in [5, 5.41) is 20.9. The van der Waals surface area contributed by atoms with Gasteiger partial charge in [-0.25, -0.2) is 4.21 Å². The van der Waals surface area contributed by atoms with E-state index in [0.29, 0.717) is 17.8 Å². The molecule has 0 amide bonds. The third kappa shape index (κ3) is 4.39. The smallest absolute Gasteiger partial charge is 0.309 e. The Labute approximate surface area is 235 Å². The molecule has 0 saturated heterocycles. The molecule has 7 heteroatoms. The zero-order valence-corrected chi connectivity index (χ0v) is 26.2. The van der Waals surface area contributed by atoms with Crippen molar-refractivity contribution in [3.05, 3.63) is 11.6 Å². The van der Waals surface area contributed by atoms with E-state index >= 15 is 0 Å². The Hall–Kier alpha value is -0.100. The molecular formula is C30H48Cl2O4S. The van der Waals surface area contributed by atoms with Crippen LogP contribution in [0.4, 0.5) is 0 Å². The van der Waals surface area contributed by atoms with E-state index < -0.39 is 20.6 Å². The molecule has 5 aliphatic rings. The second kappa shape index (κ2) is 9.48. The first-order chi connectivity index (χ1) is 16.9. The Bertz CT molecular complexity index is 994. The van der Waals surface area contributed by atoms with Crippen LogP contribution in [0.2, 0.25) is 0 Å². The van der Waals surface area contributed by atoms with Gasteiger partial charge < -0.3 is 10.2 Å². The molecule has 4 fully saturated rings. The van der Waals surface area contributed by atoms with Crippen molar-refractivity contribution >= 4 is 36.6 Å². The maximum atomic E-state index is 12.2. The van der Waals surface area contributed by atoms with Gasteiger partial charge in [-0.2, -0.15) is 0 Å². The van der Waals surface area contributed by atoms with Crippen molar-refractivity contribution in [2.45, 2.75) is 119 Å². The molecule has 0 bridgehead atoms. The number of aliphatic carboxylic acids is 1. The van der Waals surface area contributed by atoms with E-state index in [4.69, 9.17) is 4.21 Å². The highest BCUT2D eigenvalue weighted by atomic mass is 36.0. The Morgan fingerprint density at radius 1 is 0.919 bits per heavy atom. The fourth-order valence-corrected chi connectivity index (χ4v) is 10.5. The highest BCUT2D eigenvalue weighted by Gasteiger charge is 2.68. The Morgan fingerprint density at radius 3 is 2.11 bits per heavy atom. The largest absolute Gasteiger partial charge is 0.481 e. The summed E-state index contributed by atoms with van der Waals surface area (Å²) in [5.41, 5.74) is 1.94. The number of aliphatic hydroxyl groups is 1. The van der Waals surface area contributed by atoms with Crippen LogP contribution in [-0.4, -0.2) is 26.5 Å². The van der Waals surface area contributed by atoms with Crippen molar-refractivity contribution in [1.82, 2.24) is 0 Å². The lowest BCUT2D eigenvalue weighted by Gasteiger charge is -2.71. The number of carbonyl (C=O) groups is 1. The van der Waals surface area contributed by atoms with Crippen LogP contribution >= 0.6 is 21.4 Å². The monoisotopic (exact) mass is 574 g/mol. The van der Waals surface area contributed by atoms with Crippen LogP contribution in [0.25, 0.3) is 0 Å². The summed E-state index contributed by atoms with van der Waals surface area (Å²) >= 11 is 0. The highest BCUT2D eigenvalue weighted by Crippen LogP contribution is 2.75. The number of hydrogen-bond acceptors (Lipinski definition) is 3. The predicted molar refractivity (Wildman–Crippen MR) is 153 cm³/mol. The van der Waals surface area contributed by atoms with Crippen LogP contribution in [0, 0.1) is 50.2 Å². The van der Waals surface area contributed by atoms with Gasteiger partial charge in [0.2, 0.25) is 9.23 Å². The third-order valence-corrected chi connectivity index (χ3v) is 13.3. The van der Waals surface area contributed by atoms with Gasteiger partial charge in [0.1, 0.15) is 0 Å². The van der Waals surface area contributed by atoms with E-state index in [1.54, 1.807) is 5.57 Å². The van der Waals surface area contributed by atoms with Crippen LogP contribution in [0.15, 0.2) is 11.6 Å². The molecule has 0 heterocycles. The number of carboxylic acid groups (broad SMARTS) is 1. The molecule has 37 heavy (non-hydrogen) atoms. The molecule has 4 saturated carbocycles. The van der Waals surface area contributed by atoms with Crippen molar-refractivity contribution in [3.8, 4) is 0 Å². The van der Waals surface area contributed by atoms with E-state index in [-0.39, 0.29) is 33.2 Å². The van der Waals surface area contributed by atoms with E-state index in [1.807, 2.05) is 6.92 Å². The summed E-state index contributed by atoms with van der Waals surface area (Å²) in [7, 11) is 7.36. The van der Waals surface area contributed by atoms with Crippen molar-refractivity contribution in [3.63, 3.8) is 0 Å². The lowest BCUT2D eigenvalue weighted by Crippen LogP contribution is -2.64. The quantitative estimate of drug-likeness (QED) is 0.244. The zero-order valence-electron chi connectivity index (χ0n) is 23.8. The molecule has 5 aliphatic carbocycles. The minimum Gasteiger partial charge on any atom is -0.481 e. The number of allylic oxidation sites excluding steroid dienone is 2. The molecule has 0 aromatic carbocycles. The van der Waals surface area contributed by atoms with Gasteiger partial charge in [-0.15, -0.1) is 0 Å². The second-order valence-corrected chi connectivity index (χ2v) is 17.7. The minimum absolute atomic E-state index is 0.0168. The van der Waals surface area contributed by atoms with Crippen LogP contribution < -0.4 is 0 Å². The maximum Gasteiger partial charge on any atom is 0.309 e. The van der Waals surface area contributed by atoms with Gasteiger partial charge in [0.05, 0.1) is 11.5 Å². The van der Waals surface area contributed by atoms with E-state index in [1.165, 1.54) is 25.7 Å². The normalized spacial score (nSPS) is 50.3. The first-order valence-electron chi connectivity index (χ1n) is 14.2. The molecule has 2 N–H and O–H groups in total. The average molecular weight is 576 g/mol. The molecule has 0 aromatic rings. The molecule has 0 radical (unpaired) electrons. The van der Waals surface area contributed by atoms with Crippen molar-refractivity contribution in [1.29, 1.82) is 0 Å². The molecule has 3 unspecified atom stereocenters. The predicted octanol–water partition coefficient (Wildman–Crippen LogP) is 8.28. The minimum atomic E-state index is -1.67. The van der Waals surface area contributed by atoms with Crippen LogP contribution in [0.1, 0.15) is 113 Å². The maximum absolute atomic E-state index is 12.2. The van der Waals surface area contributed by atoms with Crippen LogP contribution in [0.5, 0.6) is 0 Å². The Morgan fingerprint density at radius 2 is 1.51 bits per heavy atom. The summed E-state index contributed by atoms with van der Waals surface area (Å²) in [6, 6.07) is 0. The van der Waals surface area contributed by atoms with E-state index in [2.05, 4.69) is 69.0 Å². The number of fused-ring (bicyclic) bond motifs is 7. The summed E-state index contributed by atoms with van der Waals surface area (Å²) < 4.78 is 9.09. The zero-order chi connectivity index (χ0) is 27.8. The number of halogens is 2. The summed E-state index contributed by atoms with van der Waals surface area (Å²) in [5.74, 6) is 1.01. The van der Waals surface area contributed by atoms with Gasteiger partial charge in [0.15, 0.2) is 0 Å². The lowest BCUT2D eigenvalue weighted by atomic mass is 9.33.